The molecule has 13 heavy (non-hydrogen) atoms. The molecule has 0 radical (unpaired) electrons. The Morgan fingerprint density at radius 2 is 1.92 bits per heavy atom. The molecule has 2 rings (SSSR count). The smallest absolute Gasteiger partial charge is 0.321 e. The Labute approximate surface area is 77.4 Å². The maximum absolute atomic E-state index is 12.2. The van der Waals surface area contributed by atoms with Gasteiger partial charge in [0.05, 0.1) is 5.54 Å². The van der Waals surface area contributed by atoms with Crippen molar-refractivity contribution in [2.24, 2.45) is 5.73 Å². The average molecular weight is 207 g/mol. The molecule has 1 aromatic rings. The van der Waals surface area contributed by atoms with Crippen LogP contribution in [-0.2, 0) is 11.7 Å². The molecule has 1 aliphatic rings. The summed E-state index contributed by atoms with van der Waals surface area (Å²) in [5.74, 6) is 0. The van der Waals surface area contributed by atoms with E-state index in [4.69, 9.17) is 5.73 Å². The van der Waals surface area contributed by atoms with Gasteiger partial charge in [0.25, 0.3) is 0 Å². The fourth-order valence-electron chi connectivity index (χ4n) is 1.14. The lowest BCUT2D eigenvalue weighted by Gasteiger charge is -2.04. The third-order valence-corrected chi connectivity index (χ3v) is 3.51. The summed E-state index contributed by atoms with van der Waals surface area (Å²) in [4.78, 5) is 0.0963. The first-order valence-corrected chi connectivity index (χ1v) is 4.70. The maximum Gasteiger partial charge on any atom is 0.425 e. The van der Waals surface area contributed by atoms with E-state index in [2.05, 4.69) is 0 Å². The van der Waals surface area contributed by atoms with Crippen LogP contribution < -0.4 is 5.73 Å². The van der Waals surface area contributed by atoms with Crippen LogP contribution in [0.15, 0.2) is 12.1 Å². The summed E-state index contributed by atoms with van der Waals surface area (Å²) in [6.45, 7) is 0. The maximum atomic E-state index is 12.2. The third-order valence-electron chi connectivity index (χ3n) is 2.16. The van der Waals surface area contributed by atoms with Gasteiger partial charge in [-0.05, 0) is 25.0 Å². The highest BCUT2D eigenvalue weighted by Gasteiger charge is 2.43. The SMILES string of the molecule is NC1(c2ccc(C(F)(F)F)s2)CC1. The highest BCUT2D eigenvalue weighted by atomic mass is 32.1. The summed E-state index contributed by atoms with van der Waals surface area (Å²) in [5, 5.41) is 0. The first-order chi connectivity index (χ1) is 5.92. The van der Waals surface area contributed by atoms with Gasteiger partial charge in [0, 0.05) is 4.88 Å². The number of nitrogens with two attached hydrogens (primary N) is 1. The van der Waals surface area contributed by atoms with Gasteiger partial charge >= 0.3 is 6.18 Å². The second-order valence-corrected chi connectivity index (χ2v) is 4.40. The number of alkyl halides is 3. The van der Waals surface area contributed by atoms with Crippen LogP contribution >= 0.6 is 11.3 Å². The molecular formula is C8H8F3NS. The number of hydrogen-bond donors (Lipinski definition) is 1. The minimum absolute atomic E-state index is 0.450. The van der Waals surface area contributed by atoms with Crippen molar-refractivity contribution in [3.8, 4) is 0 Å². The summed E-state index contributed by atoms with van der Waals surface area (Å²) >= 11 is 0.759. The fraction of sp³-hybridized carbons (Fsp3) is 0.500. The molecule has 1 nitrogen and oxygen atoms in total. The second kappa shape index (κ2) is 2.48. The minimum Gasteiger partial charge on any atom is -0.321 e. The summed E-state index contributed by atoms with van der Waals surface area (Å²) in [5.41, 5.74) is 5.32. The zero-order chi connectivity index (χ0) is 9.69. The van der Waals surface area contributed by atoms with Crippen molar-refractivity contribution in [2.75, 3.05) is 0 Å². The van der Waals surface area contributed by atoms with Gasteiger partial charge in [-0.25, -0.2) is 0 Å². The molecule has 0 bridgehead atoms. The molecule has 2 N–H and O–H groups in total. The van der Waals surface area contributed by atoms with Gasteiger partial charge in [0.1, 0.15) is 4.88 Å². The van der Waals surface area contributed by atoms with Gasteiger partial charge in [-0.15, -0.1) is 11.3 Å². The van der Waals surface area contributed by atoms with Crippen LogP contribution in [0.25, 0.3) is 0 Å². The molecule has 0 spiro atoms. The summed E-state index contributed by atoms with van der Waals surface area (Å²) in [7, 11) is 0. The Morgan fingerprint density at radius 3 is 2.31 bits per heavy atom. The van der Waals surface area contributed by atoms with Gasteiger partial charge in [-0.2, -0.15) is 13.2 Å². The van der Waals surface area contributed by atoms with E-state index in [1.54, 1.807) is 0 Å². The highest BCUT2D eigenvalue weighted by Crippen LogP contribution is 2.47. The summed E-state index contributed by atoms with van der Waals surface area (Å²) in [6, 6.07) is 2.59. The molecule has 1 aromatic heterocycles. The standard InChI is InChI=1S/C8H8F3NS/c9-8(10,11)6-2-1-5(13-6)7(12)3-4-7/h1-2H,3-4,12H2. The lowest BCUT2D eigenvalue weighted by Crippen LogP contribution is -2.16. The molecule has 0 atom stereocenters. The van der Waals surface area contributed by atoms with Crippen molar-refractivity contribution in [3.63, 3.8) is 0 Å². The van der Waals surface area contributed by atoms with Crippen molar-refractivity contribution in [3.05, 3.63) is 21.9 Å². The van der Waals surface area contributed by atoms with E-state index in [0.29, 0.717) is 4.88 Å². The lowest BCUT2D eigenvalue weighted by molar-refractivity contribution is -0.134. The zero-order valence-electron chi connectivity index (χ0n) is 6.69. The molecule has 0 aromatic carbocycles. The molecule has 0 unspecified atom stereocenters. The number of rotatable bonds is 1. The monoisotopic (exact) mass is 207 g/mol. The Balaban J connectivity index is 2.29. The van der Waals surface area contributed by atoms with Crippen molar-refractivity contribution in [1.29, 1.82) is 0 Å². The van der Waals surface area contributed by atoms with Crippen molar-refractivity contribution >= 4 is 11.3 Å². The quantitative estimate of drug-likeness (QED) is 0.752. The van der Waals surface area contributed by atoms with Gasteiger partial charge < -0.3 is 5.73 Å². The van der Waals surface area contributed by atoms with Gasteiger partial charge in [0.15, 0.2) is 0 Å². The van der Waals surface area contributed by atoms with Crippen LogP contribution in [0.3, 0.4) is 0 Å². The Bertz CT molecular complexity index is 305. The lowest BCUT2D eigenvalue weighted by atomic mass is 10.2. The van der Waals surface area contributed by atoms with Gasteiger partial charge in [0.2, 0.25) is 0 Å². The number of thiophene rings is 1. The van der Waals surface area contributed by atoms with Gasteiger partial charge in [-0.1, -0.05) is 0 Å². The van der Waals surface area contributed by atoms with Crippen LogP contribution in [0.2, 0.25) is 0 Å². The van der Waals surface area contributed by atoms with Gasteiger partial charge in [-0.3, -0.25) is 0 Å². The van der Waals surface area contributed by atoms with Crippen LogP contribution in [0.5, 0.6) is 0 Å². The predicted molar refractivity (Wildman–Crippen MR) is 44.4 cm³/mol. The van der Waals surface area contributed by atoms with Crippen molar-refractivity contribution in [1.82, 2.24) is 0 Å². The summed E-state index contributed by atoms with van der Waals surface area (Å²) in [6.07, 6.45) is -2.64. The van der Waals surface area contributed by atoms with E-state index < -0.39 is 16.6 Å². The summed E-state index contributed by atoms with van der Waals surface area (Å²) < 4.78 is 36.5. The third kappa shape index (κ3) is 1.58. The van der Waals surface area contributed by atoms with Crippen molar-refractivity contribution < 1.29 is 13.2 Å². The number of halogens is 3. The highest BCUT2D eigenvalue weighted by molar-refractivity contribution is 7.12. The van der Waals surface area contributed by atoms with Crippen LogP contribution in [0.4, 0.5) is 13.2 Å². The minimum atomic E-state index is -4.23. The predicted octanol–water partition coefficient (Wildman–Crippen LogP) is 2.71. The molecule has 1 fully saturated rings. The van der Waals surface area contributed by atoms with E-state index in [-0.39, 0.29) is 0 Å². The molecule has 1 saturated carbocycles. The molecule has 0 aliphatic heterocycles. The van der Waals surface area contributed by atoms with E-state index in [1.807, 2.05) is 0 Å². The molecule has 72 valence electrons. The van der Waals surface area contributed by atoms with E-state index in [1.165, 1.54) is 6.07 Å². The van der Waals surface area contributed by atoms with Crippen LogP contribution in [-0.4, -0.2) is 0 Å². The molecule has 1 aliphatic carbocycles. The molecule has 0 saturated heterocycles. The fourth-order valence-corrected chi connectivity index (χ4v) is 2.17. The largest absolute Gasteiger partial charge is 0.425 e. The first-order valence-electron chi connectivity index (χ1n) is 3.88. The van der Waals surface area contributed by atoms with E-state index in [0.717, 1.165) is 30.2 Å². The number of hydrogen-bond acceptors (Lipinski definition) is 2. The molecule has 0 amide bonds. The Kier molecular flexibility index (Phi) is 1.72. The molecular weight excluding hydrogens is 199 g/mol. The molecule has 5 heteroatoms. The van der Waals surface area contributed by atoms with Crippen molar-refractivity contribution in [2.45, 2.75) is 24.6 Å². The average Bonchev–Trinajstić information content (AvgIpc) is 2.60. The normalized spacial score (nSPS) is 20.3. The Morgan fingerprint density at radius 1 is 1.31 bits per heavy atom. The van der Waals surface area contributed by atoms with Crippen LogP contribution in [0.1, 0.15) is 22.6 Å². The first kappa shape index (κ1) is 9.02. The van der Waals surface area contributed by atoms with E-state index in [9.17, 15) is 13.2 Å². The van der Waals surface area contributed by atoms with Crippen LogP contribution in [0, 0.1) is 0 Å². The zero-order valence-corrected chi connectivity index (χ0v) is 7.50. The molecule has 1 heterocycles. The second-order valence-electron chi connectivity index (χ2n) is 3.32. The van der Waals surface area contributed by atoms with E-state index >= 15 is 0 Å². The topological polar surface area (TPSA) is 26.0 Å². The Hall–Kier alpha value is -0.550.